The van der Waals surface area contributed by atoms with Gasteiger partial charge in [0.25, 0.3) is 0 Å². The summed E-state index contributed by atoms with van der Waals surface area (Å²) in [6, 6.07) is 12.9. The van der Waals surface area contributed by atoms with Crippen LogP contribution in [0.3, 0.4) is 0 Å². The highest BCUT2D eigenvalue weighted by Crippen LogP contribution is 2.49. The fourth-order valence-electron chi connectivity index (χ4n) is 3.22. The molecular formula is C18H21N3S. The second-order valence-corrected chi connectivity index (χ2v) is 7.57. The number of rotatable bonds is 3. The van der Waals surface area contributed by atoms with Crippen molar-refractivity contribution in [3.8, 4) is 0 Å². The summed E-state index contributed by atoms with van der Waals surface area (Å²) >= 11 is 1.79. The zero-order valence-electron chi connectivity index (χ0n) is 13.4. The Morgan fingerprint density at radius 2 is 1.82 bits per heavy atom. The molecule has 3 nitrogen and oxygen atoms in total. The van der Waals surface area contributed by atoms with Gasteiger partial charge in [0.1, 0.15) is 18.2 Å². The average molecular weight is 311 g/mol. The highest BCUT2D eigenvalue weighted by atomic mass is 32.1. The van der Waals surface area contributed by atoms with E-state index in [0.29, 0.717) is 0 Å². The molecule has 0 N–H and O–H groups in total. The standard InChI is InChI=1S/C18H21N3S/c1-14-10-16(22-11-14)18(17(2,3)4,21-13-19-12-20-21)15-8-6-5-7-9-15/h5-13H,1-4H3. The van der Waals surface area contributed by atoms with Gasteiger partial charge >= 0.3 is 0 Å². The maximum absolute atomic E-state index is 4.53. The van der Waals surface area contributed by atoms with Crippen LogP contribution in [-0.2, 0) is 5.54 Å². The lowest BCUT2D eigenvalue weighted by Gasteiger charge is -2.44. The van der Waals surface area contributed by atoms with E-state index in [1.54, 1.807) is 17.7 Å². The molecule has 0 saturated carbocycles. The number of benzene rings is 1. The third kappa shape index (κ3) is 2.18. The van der Waals surface area contributed by atoms with Crippen molar-refractivity contribution >= 4 is 11.3 Å². The van der Waals surface area contributed by atoms with Crippen molar-refractivity contribution in [2.24, 2.45) is 5.41 Å². The molecule has 1 aromatic carbocycles. The first-order valence-electron chi connectivity index (χ1n) is 7.42. The molecule has 0 bridgehead atoms. The maximum atomic E-state index is 4.53. The lowest BCUT2D eigenvalue weighted by Crippen LogP contribution is -2.47. The Morgan fingerprint density at radius 1 is 1.09 bits per heavy atom. The van der Waals surface area contributed by atoms with Gasteiger partial charge in [-0.3, -0.25) is 0 Å². The Kier molecular flexibility index (Phi) is 3.65. The molecule has 2 heterocycles. The van der Waals surface area contributed by atoms with Gasteiger partial charge < -0.3 is 0 Å². The highest BCUT2D eigenvalue weighted by Gasteiger charge is 2.48. The normalized spacial score (nSPS) is 14.7. The molecule has 4 heteroatoms. The minimum absolute atomic E-state index is 0.0701. The number of hydrogen-bond acceptors (Lipinski definition) is 3. The van der Waals surface area contributed by atoms with E-state index in [4.69, 9.17) is 0 Å². The molecule has 3 aromatic rings. The first-order chi connectivity index (χ1) is 10.5. The number of nitrogens with zero attached hydrogens (tertiary/aromatic N) is 3. The summed E-state index contributed by atoms with van der Waals surface area (Å²) in [6.45, 7) is 8.92. The summed E-state index contributed by atoms with van der Waals surface area (Å²) < 4.78 is 2.01. The quantitative estimate of drug-likeness (QED) is 0.713. The predicted octanol–water partition coefficient (Wildman–Crippen LogP) is 4.49. The van der Waals surface area contributed by atoms with Crippen LogP contribution in [0.2, 0.25) is 0 Å². The zero-order valence-corrected chi connectivity index (χ0v) is 14.3. The van der Waals surface area contributed by atoms with Crippen molar-refractivity contribution in [1.82, 2.24) is 14.8 Å². The molecule has 114 valence electrons. The van der Waals surface area contributed by atoms with Crippen molar-refractivity contribution < 1.29 is 0 Å². The summed E-state index contributed by atoms with van der Waals surface area (Å²) in [6.07, 6.45) is 3.44. The summed E-state index contributed by atoms with van der Waals surface area (Å²) in [5.41, 5.74) is 2.07. The average Bonchev–Trinajstić information content (AvgIpc) is 3.12. The van der Waals surface area contributed by atoms with Gasteiger partial charge in [-0.05, 0) is 34.9 Å². The van der Waals surface area contributed by atoms with Crippen LogP contribution >= 0.6 is 11.3 Å². The molecule has 0 aliphatic heterocycles. The third-order valence-corrected chi connectivity index (χ3v) is 5.28. The van der Waals surface area contributed by atoms with Crippen molar-refractivity contribution in [3.05, 3.63) is 70.4 Å². The molecule has 1 unspecified atom stereocenters. The second-order valence-electron chi connectivity index (χ2n) is 6.65. The van der Waals surface area contributed by atoms with Crippen LogP contribution in [0.15, 0.2) is 54.4 Å². The Morgan fingerprint density at radius 3 is 2.32 bits per heavy atom. The van der Waals surface area contributed by atoms with E-state index in [2.05, 4.69) is 79.6 Å². The first kappa shape index (κ1) is 15.0. The van der Waals surface area contributed by atoms with Crippen molar-refractivity contribution in [2.75, 3.05) is 0 Å². The first-order valence-corrected chi connectivity index (χ1v) is 8.30. The van der Waals surface area contributed by atoms with Gasteiger partial charge in [-0.25, -0.2) is 9.67 Å². The van der Waals surface area contributed by atoms with E-state index >= 15 is 0 Å². The fraction of sp³-hybridized carbons (Fsp3) is 0.333. The van der Waals surface area contributed by atoms with Crippen LogP contribution in [0.4, 0.5) is 0 Å². The summed E-state index contributed by atoms with van der Waals surface area (Å²) in [5, 5.41) is 6.73. The molecular weight excluding hydrogens is 290 g/mol. The van der Waals surface area contributed by atoms with Crippen molar-refractivity contribution in [1.29, 1.82) is 0 Å². The van der Waals surface area contributed by atoms with E-state index in [9.17, 15) is 0 Å². The molecule has 0 aliphatic rings. The van der Waals surface area contributed by atoms with E-state index in [1.807, 2.05) is 11.0 Å². The van der Waals surface area contributed by atoms with Crippen LogP contribution in [0.25, 0.3) is 0 Å². The smallest absolute Gasteiger partial charge is 0.137 e. The zero-order chi connectivity index (χ0) is 15.8. The monoisotopic (exact) mass is 311 g/mol. The molecule has 0 spiro atoms. The molecule has 0 amide bonds. The van der Waals surface area contributed by atoms with Gasteiger partial charge in [0.15, 0.2) is 0 Å². The number of aromatic nitrogens is 3. The summed E-state index contributed by atoms with van der Waals surface area (Å²) in [4.78, 5) is 5.50. The van der Waals surface area contributed by atoms with Crippen LogP contribution in [-0.4, -0.2) is 14.8 Å². The van der Waals surface area contributed by atoms with Gasteiger partial charge in [0.2, 0.25) is 0 Å². The second kappa shape index (κ2) is 5.36. The number of thiophene rings is 1. The maximum Gasteiger partial charge on any atom is 0.137 e. The van der Waals surface area contributed by atoms with Gasteiger partial charge in [0, 0.05) is 4.88 Å². The van der Waals surface area contributed by atoms with E-state index < -0.39 is 0 Å². The lowest BCUT2D eigenvalue weighted by atomic mass is 9.68. The highest BCUT2D eigenvalue weighted by molar-refractivity contribution is 7.10. The predicted molar refractivity (Wildman–Crippen MR) is 91.2 cm³/mol. The Hall–Kier alpha value is -1.94. The Bertz CT molecular complexity index is 738. The Balaban J connectivity index is 2.38. The Labute approximate surface area is 135 Å². The molecule has 0 aliphatic carbocycles. The van der Waals surface area contributed by atoms with Crippen molar-refractivity contribution in [3.63, 3.8) is 0 Å². The van der Waals surface area contributed by atoms with E-state index in [1.165, 1.54) is 16.0 Å². The molecule has 1 atom stereocenters. The SMILES string of the molecule is Cc1csc(C(c2ccccc2)(n2cncn2)C(C)(C)C)c1. The summed E-state index contributed by atoms with van der Waals surface area (Å²) in [5.74, 6) is 0. The van der Waals surface area contributed by atoms with Gasteiger partial charge in [0.05, 0.1) is 0 Å². The minimum atomic E-state index is -0.371. The van der Waals surface area contributed by atoms with Crippen molar-refractivity contribution in [2.45, 2.75) is 33.2 Å². The molecule has 2 aromatic heterocycles. The molecule has 0 fully saturated rings. The largest absolute Gasteiger partial charge is 0.237 e. The van der Waals surface area contributed by atoms with Crippen LogP contribution in [0, 0.1) is 12.3 Å². The van der Waals surface area contributed by atoms with E-state index in [-0.39, 0.29) is 11.0 Å². The lowest BCUT2D eigenvalue weighted by molar-refractivity contribution is 0.175. The van der Waals surface area contributed by atoms with Crippen LogP contribution in [0.5, 0.6) is 0 Å². The van der Waals surface area contributed by atoms with Gasteiger partial charge in [-0.2, -0.15) is 5.10 Å². The number of hydrogen-bond donors (Lipinski definition) is 0. The van der Waals surface area contributed by atoms with Gasteiger partial charge in [-0.15, -0.1) is 11.3 Å². The van der Waals surface area contributed by atoms with Gasteiger partial charge in [-0.1, -0.05) is 51.1 Å². The third-order valence-electron chi connectivity index (χ3n) is 4.13. The van der Waals surface area contributed by atoms with Crippen LogP contribution < -0.4 is 0 Å². The molecule has 0 saturated heterocycles. The number of aryl methyl sites for hydroxylation is 1. The minimum Gasteiger partial charge on any atom is -0.237 e. The summed E-state index contributed by atoms with van der Waals surface area (Å²) in [7, 11) is 0. The topological polar surface area (TPSA) is 30.7 Å². The van der Waals surface area contributed by atoms with Crippen LogP contribution in [0.1, 0.15) is 36.8 Å². The molecule has 22 heavy (non-hydrogen) atoms. The fourth-order valence-corrected chi connectivity index (χ4v) is 4.54. The molecule has 0 radical (unpaired) electrons. The molecule has 3 rings (SSSR count). The van der Waals surface area contributed by atoms with E-state index in [0.717, 1.165) is 0 Å².